The lowest BCUT2D eigenvalue weighted by Gasteiger charge is -2.28. The Morgan fingerprint density at radius 2 is 1.97 bits per heavy atom. The summed E-state index contributed by atoms with van der Waals surface area (Å²) in [4.78, 5) is 19.8. The zero-order valence-corrected chi connectivity index (χ0v) is 18.4. The zero-order chi connectivity index (χ0) is 21.4. The van der Waals surface area contributed by atoms with Crippen LogP contribution in [0.1, 0.15) is 55.7 Å². The molecule has 1 saturated carbocycles. The second kappa shape index (κ2) is 8.54. The summed E-state index contributed by atoms with van der Waals surface area (Å²) < 4.78 is 13.8. The maximum atomic E-state index is 13.8. The van der Waals surface area contributed by atoms with Crippen LogP contribution in [-0.4, -0.2) is 51.5 Å². The summed E-state index contributed by atoms with van der Waals surface area (Å²) in [5.41, 5.74) is 4.31. The number of aromatic nitrogens is 4. The van der Waals surface area contributed by atoms with E-state index in [1.54, 1.807) is 0 Å². The predicted molar refractivity (Wildman–Crippen MR) is 122 cm³/mol. The van der Waals surface area contributed by atoms with Crippen molar-refractivity contribution < 1.29 is 4.39 Å². The van der Waals surface area contributed by atoms with Crippen LogP contribution >= 0.6 is 0 Å². The molecule has 0 radical (unpaired) electrons. The third kappa shape index (κ3) is 4.56. The van der Waals surface area contributed by atoms with Crippen LogP contribution in [0.15, 0.2) is 18.3 Å². The molecule has 0 unspecified atom stereocenters. The highest BCUT2D eigenvalue weighted by Crippen LogP contribution is 2.43. The van der Waals surface area contributed by atoms with Gasteiger partial charge in [-0.2, -0.15) is 0 Å². The summed E-state index contributed by atoms with van der Waals surface area (Å²) in [6, 6.07) is 3.01. The van der Waals surface area contributed by atoms with Crippen LogP contribution in [0.2, 0.25) is 0 Å². The molecule has 5 rings (SSSR count). The van der Waals surface area contributed by atoms with Gasteiger partial charge in [-0.3, -0.25) is 0 Å². The van der Waals surface area contributed by atoms with E-state index in [0.717, 1.165) is 59.9 Å². The second-order valence-corrected chi connectivity index (χ2v) is 9.29. The molecular formula is C24H31FN6. The van der Waals surface area contributed by atoms with Crippen LogP contribution in [0.25, 0.3) is 22.4 Å². The first-order valence-electron chi connectivity index (χ1n) is 11.5. The Bertz CT molecular complexity index is 1070. The minimum absolute atomic E-state index is 0.251. The van der Waals surface area contributed by atoms with E-state index >= 15 is 0 Å². The van der Waals surface area contributed by atoms with Gasteiger partial charge in [0.05, 0.1) is 22.3 Å². The van der Waals surface area contributed by atoms with E-state index in [4.69, 9.17) is 9.97 Å². The molecule has 1 aliphatic carbocycles. The van der Waals surface area contributed by atoms with E-state index in [9.17, 15) is 4.39 Å². The maximum absolute atomic E-state index is 13.8. The highest BCUT2D eigenvalue weighted by molar-refractivity contribution is 5.82. The molecule has 0 bridgehead atoms. The minimum atomic E-state index is -0.251. The lowest BCUT2D eigenvalue weighted by atomic mass is 9.92. The number of rotatable bonds is 7. The second-order valence-electron chi connectivity index (χ2n) is 9.29. The topological polar surface area (TPSA) is 69.7 Å². The van der Waals surface area contributed by atoms with Gasteiger partial charge in [-0.05, 0) is 89.2 Å². The average molecular weight is 423 g/mol. The Labute approximate surface area is 182 Å². The van der Waals surface area contributed by atoms with Crippen LogP contribution in [0.5, 0.6) is 0 Å². The standard InChI is InChI=1S/C24H31FN6/c1-15-12-18(25)13-20-21(15)29-23(28-20)19-14-27-24(30-22(19)17-5-6-17)26-9-3-4-16-7-10-31(2)11-8-16/h12-14,16-17H,3-11H2,1-2H3,(H,28,29)(H,26,27,30). The number of aromatic amines is 1. The number of anilines is 1. The molecule has 164 valence electrons. The van der Waals surface area contributed by atoms with Gasteiger partial charge in [0.1, 0.15) is 11.6 Å². The van der Waals surface area contributed by atoms with Crippen molar-refractivity contribution >= 4 is 17.0 Å². The van der Waals surface area contributed by atoms with Crippen LogP contribution in [0.3, 0.4) is 0 Å². The van der Waals surface area contributed by atoms with Gasteiger partial charge in [0.25, 0.3) is 0 Å². The molecule has 2 fully saturated rings. The van der Waals surface area contributed by atoms with Gasteiger partial charge in [-0.25, -0.2) is 19.3 Å². The van der Waals surface area contributed by atoms with Crippen LogP contribution in [0, 0.1) is 18.7 Å². The van der Waals surface area contributed by atoms with Crippen molar-refractivity contribution in [2.24, 2.45) is 5.92 Å². The summed E-state index contributed by atoms with van der Waals surface area (Å²) in [7, 11) is 2.21. The molecule has 3 aromatic rings. The van der Waals surface area contributed by atoms with Crippen molar-refractivity contribution in [1.82, 2.24) is 24.8 Å². The summed E-state index contributed by atoms with van der Waals surface area (Å²) in [6.07, 6.45) is 9.20. The SMILES string of the molecule is Cc1cc(F)cc2[nH]c(-c3cnc(NCCCC4CCN(C)CC4)nc3C3CC3)nc12. The third-order valence-corrected chi connectivity index (χ3v) is 6.69. The first-order valence-corrected chi connectivity index (χ1v) is 11.5. The zero-order valence-electron chi connectivity index (χ0n) is 18.4. The third-order valence-electron chi connectivity index (χ3n) is 6.69. The normalized spacial score (nSPS) is 18.0. The summed E-state index contributed by atoms with van der Waals surface area (Å²) in [5.74, 6) is 2.49. The first-order chi connectivity index (χ1) is 15.1. The number of nitrogens with zero attached hydrogens (tertiary/aromatic N) is 4. The maximum Gasteiger partial charge on any atom is 0.222 e. The molecule has 6 nitrogen and oxygen atoms in total. The minimum Gasteiger partial charge on any atom is -0.354 e. The molecule has 1 aromatic carbocycles. The molecule has 1 aliphatic heterocycles. The Hall–Kier alpha value is -2.54. The number of likely N-dealkylation sites (tertiary alicyclic amines) is 1. The van der Waals surface area contributed by atoms with E-state index in [-0.39, 0.29) is 5.82 Å². The number of aryl methyl sites for hydroxylation is 1. The van der Waals surface area contributed by atoms with E-state index in [0.29, 0.717) is 17.4 Å². The number of benzene rings is 1. The van der Waals surface area contributed by atoms with E-state index in [2.05, 4.69) is 27.2 Å². The molecule has 2 N–H and O–H groups in total. The molecule has 2 aliphatic rings. The first kappa shape index (κ1) is 20.4. The van der Waals surface area contributed by atoms with Gasteiger partial charge >= 0.3 is 0 Å². The fraction of sp³-hybridized carbons (Fsp3) is 0.542. The molecule has 0 atom stereocenters. The molecule has 1 saturated heterocycles. The van der Waals surface area contributed by atoms with Gasteiger partial charge in [-0.15, -0.1) is 0 Å². The van der Waals surface area contributed by atoms with Crippen molar-refractivity contribution in [2.45, 2.75) is 51.4 Å². The smallest absolute Gasteiger partial charge is 0.222 e. The lowest BCUT2D eigenvalue weighted by Crippen LogP contribution is -2.30. The number of halogens is 1. The number of imidazole rings is 1. The van der Waals surface area contributed by atoms with Crippen molar-refractivity contribution in [3.05, 3.63) is 35.4 Å². The van der Waals surface area contributed by atoms with E-state index < -0.39 is 0 Å². The monoisotopic (exact) mass is 422 g/mol. The predicted octanol–water partition coefficient (Wildman–Crippen LogP) is 4.88. The quantitative estimate of drug-likeness (QED) is 0.531. The van der Waals surface area contributed by atoms with Crippen molar-refractivity contribution in [1.29, 1.82) is 0 Å². The molecule has 3 heterocycles. The highest BCUT2D eigenvalue weighted by Gasteiger charge is 2.30. The van der Waals surface area contributed by atoms with Gasteiger partial charge in [0.15, 0.2) is 0 Å². The molecule has 2 aromatic heterocycles. The van der Waals surface area contributed by atoms with Crippen molar-refractivity contribution in [3.8, 4) is 11.4 Å². The largest absolute Gasteiger partial charge is 0.354 e. The number of piperidine rings is 1. The number of fused-ring (bicyclic) bond motifs is 1. The number of hydrogen-bond acceptors (Lipinski definition) is 5. The Morgan fingerprint density at radius 3 is 2.74 bits per heavy atom. The van der Waals surface area contributed by atoms with Crippen LogP contribution < -0.4 is 5.32 Å². The van der Waals surface area contributed by atoms with E-state index in [1.807, 2.05) is 13.1 Å². The molecule has 7 heteroatoms. The Kier molecular flexibility index (Phi) is 5.61. The number of hydrogen-bond donors (Lipinski definition) is 2. The van der Waals surface area contributed by atoms with Crippen molar-refractivity contribution in [2.75, 3.05) is 32.0 Å². The summed E-state index contributed by atoms with van der Waals surface area (Å²) in [6.45, 7) is 5.23. The molecule has 0 amide bonds. The highest BCUT2D eigenvalue weighted by atomic mass is 19.1. The summed E-state index contributed by atoms with van der Waals surface area (Å²) in [5, 5.41) is 3.43. The Balaban J connectivity index is 1.28. The fourth-order valence-corrected chi connectivity index (χ4v) is 4.65. The van der Waals surface area contributed by atoms with Crippen molar-refractivity contribution in [3.63, 3.8) is 0 Å². The van der Waals surface area contributed by atoms with Crippen LogP contribution in [0.4, 0.5) is 10.3 Å². The average Bonchev–Trinajstić information content (AvgIpc) is 3.51. The van der Waals surface area contributed by atoms with E-state index in [1.165, 1.54) is 44.5 Å². The molecule has 31 heavy (non-hydrogen) atoms. The fourth-order valence-electron chi connectivity index (χ4n) is 4.65. The van der Waals surface area contributed by atoms with Gasteiger partial charge in [-0.1, -0.05) is 0 Å². The van der Waals surface area contributed by atoms with Gasteiger partial charge < -0.3 is 15.2 Å². The summed E-state index contributed by atoms with van der Waals surface area (Å²) >= 11 is 0. The van der Waals surface area contributed by atoms with Crippen LogP contribution in [-0.2, 0) is 0 Å². The van der Waals surface area contributed by atoms with Gasteiger partial charge in [0, 0.05) is 18.7 Å². The number of nitrogens with one attached hydrogen (secondary N) is 2. The number of H-pyrrole nitrogens is 1. The molecular weight excluding hydrogens is 391 g/mol. The Morgan fingerprint density at radius 1 is 1.16 bits per heavy atom. The lowest BCUT2D eigenvalue weighted by molar-refractivity contribution is 0.211. The molecule has 0 spiro atoms. The van der Waals surface area contributed by atoms with Gasteiger partial charge in [0.2, 0.25) is 5.95 Å².